The fourth-order valence-corrected chi connectivity index (χ4v) is 3.63. The number of aliphatic carboxylic acids is 1. The Labute approximate surface area is 135 Å². The highest BCUT2D eigenvalue weighted by molar-refractivity contribution is 9.10. The van der Waals surface area contributed by atoms with Gasteiger partial charge in [-0.05, 0) is 40.9 Å². The van der Waals surface area contributed by atoms with E-state index in [4.69, 9.17) is 21.4 Å². The SMILES string of the molecule is COc1c(Br)cc(Cl)cc1NC(=O)[C@@H]1CCC[C@@H]1C(=O)O. The molecule has 21 heavy (non-hydrogen) atoms. The van der Waals surface area contributed by atoms with Crippen molar-refractivity contribution in [2.75, 3.05) is 12.4 Å². The number of methoxy groups -OCH3 is 1. The number of carbonyl (C=O) groups is 2. The van der Waals surface area contributed by atoms with E-state index in [0.29, 0.717) is 33.8 Å². The molecule has 7 heteroatoms. The molecule has 0 saturated heterocycles. The summed E-state index contributed by atoms with van der Waals surface area (Å²) in [7, 11) is 1.49. The number of nitrogens with one attached hydrogen (secondary N) is 1. The lowest BCUT2D eigenvalue weighted by molar-refractivity contribution is -0.145. The van der Waals surface area contributed by atoms with Crippen LogP contribution in [0.2, 0.25) is 5.02 Å². The molecule has 0 aromatic heterocycles. The lowest BCUT2D eigenvalue weighted by Gasteiger charge is -2.17. The third kappa shape index (κ3) is 3.49. The van der Waals surface area contributed by atoms with Crippen molar-refractivity contribution in [3.8, 4) is 5.75 Å². The maximum Gasteiger partial charge on any atom is 0.307 e. The van der Waals surface area contributed by atoms with Crippen LogP contribution in [-0.2, 0) is 9.59 Å². The standard InChI is InChI=1S/C14H15BrClNO4/c1-21-12-10(15)5-7(16)6-11(12)17-13(18)8-3-2-4-9(8)14(19)20/h5-6,8-9H,2-4H2,1H3,(H,17,18)(H,19,20)/t8-,9+/m1/s1. The van der Waals surface area contributed by atoms with Crippen LogP contribution in [0.4, 0.5) is 5.69 Å². The summed E-state index contributed by atoms with van der Waals surface area (Å²) in [4.78, 5) is 23.5. The zero-order valence-corrected chi connectivity index (χ0v) is 13.7. The van der Waals surface area contributed by atoms with Crippen molar-refractivity contribution < 1.29 is 19.4 Å². The van der Waals surface area contributed by atoms with Gasteiger partial charge in [0.1, 0.15) is 0 Å². The van der Waals surface area contributed by atoms with Crippen LogP contribution >= 0.6 is 27.5 Å². The molecule has 0 spiro atoms. The third-order valence-corrected chi connectivity index (χ3v) is 4.45. The number of carboxylic acids is 1. The van der Waals surface area contributed by atoms with E-state index in [1.54, 1.807) is 12.1 Å². The van der Waals surface area contributed by atoms with Crippen molar-refractivity contribution in [3.05, 3.63) is 21.6 Å². The number of carboxylic acid groups (broad SMARTS) is 1. The molecular weight excluding hydrogens is 362 g/mol. The summed E-state index contributed by atoms with van der Waals surface area (Å²) in [6.45, 7) is 0. The first-order valence-corrected chi connectivity index (χ1v) is 7.68. The Morgan fingerprint density at radius 3 is 2.67 bits per heavy atom. The molecule has 1 amide bonds. The van der Waals surface area contributed by atoms with Crippen LogP contribution in [0, 0.1) is 11.8 Å². The van der Waals surface area contributed by atoms with Gasteiger partial charge in [-0.25, -0.2) is 0 Å². The summed E-state index contributed by atoms with van der Waals surface area (Å²) in [5.41, 5.74) is 0.429. The third-order valence-electron chi connectivity index (χ3n) is 3.64. The Morgan fingerprint density at radius 1 is 1.38 bits per heavy atom. The zero-order chi connectivity index (χ0) is 15.6. The van der Waals surface area contributed by atoms with Crippen molar-refractivity contribution in [3.63, 3.8) is 0 Å². The number of carbonyl (C=O) groups excluding carboxylic acids is 1. The average Bonchev–Trinajstić information content (AvgIpc) is 2.87. The van der Waals surface area contributed by atoms with Crippen LogP contribution < -0.4 is 10.1 Å². The molecule has 0 aliphatic heterocycles. The monoisotopic (exact) mass is 375 g/mol. The highest BCUT2D eigenvalue weighted by Crippen LogP contribution is 2.38. The summed E-state index contributed by atoms with van der Waals surface area (Å²) < 4.78 is 5.85. The second kappa shape index (κ2) is 6.66. The molecule has 1 aromatic carbocycles. The number of amides is 1. The second-order valence-corrected chi connectivity index (χ2v) is 6.23. The van der Waals surface area contributed by atoms with Gasteiger partial charge in [0.15, 0.2) is 5.75 Å². The first kappa shape index (κ1) is 16.1. The largest absolute Gasteiger partial charge is 0.493 e. The predicted molar refractivity (Wildman–Crippen MR) is 82.8 cm³/mol. The van der Waals surface area contributed by atoms with Crippen LogP contribution in [0.1, 0.15) is 19.3 Å². The van der Waals surface area contributed by atoms with Crippen molar-refractivity contribution in [1.29, 1.82) is 0 Å². The minimum Gasteiger partial charge on any atom is -0.493 e. The van der Waals surface area contributed by atoms with Gasteiger partial charge in [0.25, 0.3) is 0 Å². The number of rotatable bonds is 4. The molecule has 1 saturated carbocycles. The molecule has 0 heterocycles. The molecule has 2 atom stereocenters. The van der Waals surface area contributed by atoms with Crippen LogP contribution in [-0.4, -0.2) is 24.1 Å². The molecule has 1 aliphatic carbocycles. The number of hydrogen-bond acceptors (Lipinski definition) is 3. The smallest absolute Gasteiger partial charge is 0.307 e. The number of anilines is 1. The summed E-state index contributed by atoms with van der Waals surface area (Å²) in [5.74, 6) is -1.93. The van der Waals surface area contributed by atoms with Crippen LogP contribution in [0.5, 0.6) is 5.75 Å². The molecule has 2 rings (SSSR count). The van der Waals surface area contributed by atoms with E-state index in [1.807, 2.05) is 0 Å². The number of hydrogen-bond donors (Lipinski definition) is 2. The van der Waals surface area contributed by atoms with Crippen molar-refractivity contribution >= 4 is 45.1 Å². The minimum atomic E-state index is -0.924. The quantitative estimate of drug-likeness (QED) is 0.842. The molecule has 0 radical (unpaired) electrons. The second-order valence-electron chi connectivity index (χ2n) is 4.94. The molecule has 0 bridgehead atoms. The van der Waals surface area contributed by atoms with E-state index in [1.165, 1.54) is 7.11 Å². The van der Waals surface area contributed by atoms with E-state index < -0.39 is 17.8 Å². The lowest BCUT2D eigenvalue weighted by atomic mass is 9.95. The van der Waals surface area contributed by atoms with Crippen LogP contribution in [0.25, 0.3) is 0 Å². The fourth-order valence-electron chi connectivity index (χ4n) is 2.66. The number of ether oxygens (including phenoxy) is 1. The highest BCUT2D eigenvalue weighted by atomic mass is 79.9. The van der Waals surface area contributed by atoms with E-state index >= 15 is 0 Å². The molecule has 1 aromatic rings. The van der Waals surface area contributed by atoms with E-state index in [2.05, 4.69) is 21.2 Å². The topological polar surface area (TPSA) is 75.6 Å². The maximum atomic E-state index is 12.3. The maximum absolute atomic E-state index is 12.3. The predicted octanol–water partition coefficient (Wildman–Crippen LogP) is 3.55. The van der Waals surface area contributed by atoms with Gasteiger partial charge < -0.3 is 15.2 Å². The first-order valence-electron chi connectivity index (χ1n) is 6.50. The molecule has 114 valence electrons. The summed E-state index contributed by atoms with van der Waals surface area (Å²) in [6.07, 6.45) is 1.85. The Balaban J connectivity index is 2.22. The molecule has 5 nitrogen and oxygen atoms in total. The van der Waals surface area contributed by atoms with Crippen molar-refractivity contribution in [2.24, 2.45) is 11.8 Å². The first-order chi connectivity index (χ1) is 9.93. The Morgan fingerprint density at radius 2 is 2.05 bits per heavy atom. The van der Waals surface area contributed by atoms with Crippen LogP contribution in [0.15, 0.2) is 16.6 Å². The van der Waals surface area contributed by atoms with Gasteiger partial charge >= 0.3 is 5.97 Å². The molecule has 0 unspecified atom stereocenters. The van der Waals surface area contributed by atoms with Gasteiger partial charge in [-0.15, -0.1) is 0 Å². The minimum absolute atomic E-state index is 0.313. The molecule has 1 aliphatic rings. The van der Waals surface area contributed by atoms with E-state index in [9.17, 15) is 9.59 Å². The lowest BCUT2D eigenvalue weighted by Crippen LogP contribution is -2.30. The summed E-state index contributed by atoms with van der Waals surface area (Å²) in [5, 5.41) is 12.3. The zero-order valence-electron chi connectivity index (χ0n) is 11.4. The summed E-state index contributed by atoms with van der Waals surface area (Å²) >= 11 is 9.28. The van der Waals surface area contributed by atoms with Gasteiger partial charge in [-0.2, -0.15) is 0 Å². The van der Waals surface area contributed by atoms with Gasteiger partial charge in [0, 0.05) is 5.02 Å². The Kier molecular flexibility index (Phi) is 5.11. The fraction of sp³-hybridized carbons (Fsp3) is 0.429. The van der Waals surface area contributed by atoms with E-state index in [0.717, 1.165) is 6.42 Å². The molecule has 2 N–H and O–H groups in total. The van der Waals surface area contributed by atoms with Crippen molar-refractivity contribution in [1.82, 2.24) is 0 Å². The molecule has 1 fully saturated rings. The van der Waals surface area contributed by atoms with Gasteiger partial charge in [0.2, 0.25) is 5.91 Å². The van der Waals surface area contributed by atoms with Crippen LogP contribution in [0.3, 0.4) is 0 Å². The number of halogens is 2. The van der Waals surface area contributed by atoms with Gasteiger partial charge in [-0.1, -0.05) is 18.0 Å². The van der Waals surface area contributed by atoms with Gasteiger partial charge in [-0.3, -0.25) is 9.59 Å². The van der Waals surface area contributed by atoms with Gasteiger partial charge in [0.05, 0.1) is 29.1 Å². The highest BCUT2D eigenvalue weighted by Gasteiger charge is 2.38. The van der Waals surface area contributed by atoms with Crippen molar-refractivity contribution in [2.45, 2.75) is 19.3 Å². The van der Waals surface area contributed by atoms with E-state index in [-0.39, 0.29) is 5.91 Å². The number of benzene rings is 1. The normalized spacial score (nSPS) is 21.1. The Hall–Kier alpha value is -1.27. The average molecular weight is 377 g/mol. The Bertz CT molecular complexity index is 578. The molecular formula is C14H15BrClNO4. The summed E-state index contributed by atoms with van der Waals surface area (Å²) in [6, 6.07) is 3.24.